The van der Waals surface area contributed by atoms with Crippen molar-refractivity contribution in [3.63, 3.8) is 0 Å². The van der Waals surface area contributed by atoms with Gasteiger partial charge in [0.2, 0.25) is 5.95 Å². The highest BCUT2D eigenvalue weighted by molar-refractivity contribution is 5.67. The molecule has 1 heterocycles. The van der Waals surface area contributed by atoms with Crippen molar-refractivity contribution < 1.29 is 4.74 Å². The van der Waals surface area contributed by atoms with Gasteiger partial charge in [0.05, 0.1) is 12.8 Å². The quantitative estimate of drug-likeness (QED) is 0.884. The summed E-state index contributed by atoms with van der Waals surface area (Å²) in [6.07, 6.45) is 0. The minimum absolute atomic E-state index is 0.536. The largest absolute Gasteiger partial charge is 0.496 e. The van der Waals surface area contributed by atoms with Crippen molar-refractivity contribution in [2.45, 2.75) is 20.8 Å². The average Bonchev–Trinajstić information content (AvgIpc) is 2.56. The second-order valence-corrected chi connectivity index (χ2v) is 4.61. The zero-order valence-electron chi connectivity index (χ0n) is 11.5. The Kier molecular flexibility index (Phi) is 3.03. The van der Waals surface area contributed by atoms with Gasteiger partial charge in [0.15, 0.2) is 0 Å². The van der Waals surface area contributed by atoms with E-state index in [4.69, 9.17) is 10.5 Å². The number of methoxy groups -OCH3 is 1. The predicted octanol–water partition coefficient (Wildman–Crippen LogP) is 2.60. The summed E-state index contributed by atoms with van der Waals surface area (Å²) in [6, 6.07) is 4.17. The van der Waals surface area contributed by atoms with Crippen LogP contribution in [0.25, 0.3) is 11.3 Å². The molecule has 0 bridgehead atoms. The molecule has 2 aromatic rings. The molecule has 2 rings (SSSR count). The van der Waals surface area contributed by atoms with Crippen molar-refractivity contribution >= 4 is 5.95 Å². The standard InChI is InChI=1S/C14H19N3O/c1-8-6-11(7-9(2)13(8)18-5)12-10(3)17(4)14(15)16-12/h6-7H,1-5H3,(H2,15,16). The third-order valence-corrected chi connectivity index (χ3v) is 3.35. The molecule has 4 heteroatoms. The first-order valence-corrected chi connectivity index (χ1v) is 5.90. The molecular weight excluding hydrogens is 226 g/mol. The smallest absolute Gasteiger partial charge is 0.200 e. The first-order valence-electron chi connectivity index (χ1n) is 5.90. The molecule has 0 spiro atoms. The van der Waals surface area contributed by atoms with Gasteiger partial charge in [0, 0.05) is 18.3 Å². The number of aryl methyl sites for hydroxylation is 2. The second-order valence-electron chi connectivity index (χ2n) is 4.61. The zero-order chi connectivity index (χ0) is 13.4. The van der Waals surface area contributed by atoms with Crippen molar-refractivity contribution in [3.8, 4) is 17.0 Å². The summed E-state index contributed by atoms with van der Waals surface area (Å²) in [5.41, 5.74) is 11.1. The maximum atomic E-state index is 5.84. The number of benzene rings is 1. The van der Waals surface area contributed by atoms with E-state index in [9.17, 15) is 0 Å². The summed E-state index contributed by atoms with van der Waals surface area (Å²) in [6.45, 7) is 6.10. The predicted molar refractivity (Wildman–Crippen MR) is 73.8 cm³/mol. The van der Waals surface area contributed by atoms with Gasteiger partial charge in [-0.25, -0.2) is 4.98 Å². The van der Waals surface area contributed by atoms with Crippen LogP contribution in [0, 0.1) is 20.8 Å². The Morgan fingerprint density at radius 2 is 1.72 bits per heavy atom. The van der Waals surface area contributed by atoms with Gasteiger partial charge in [-0.3, -0.25) is 0 Å². The number of nitrogen functional groups attached to an aromatic ring is 1. The fourth-order valence-electron chi connectivity index (χ4n) is 2.28. The number of hydrogen-bond donors (Lipinski definition) is 1. The number of ether oxygens (including phenoxy) is 1. The Hall–Kier alpha value is -1.97. The molecule has 0 atom stereocenters. The van der Waals surface area contributed by atoms with Crippen LogP contribution in [-0.2, 0) is 7.05 Å². The molecule has 1 aromatic heterocycles. The number of anilines is 1. The molecule has 1 aromatic carbocycles. The van der Waals surface area contributed by atoms with E-state index in [1.807, 2.05) is 32.4 Å². The van der Waals surface area contributed by atoms with Gasteiger partial charge in [0.1, 0.15) is 5.75 Å². The number of hydrogen-bond acceptors (Lipinski definition) is 3. The molecule has 0 amide bonds. The van der Waals surface area contributed by atoms with E-state index in [-0.39, 0.29) is 0 Å². The normalized spacial score (nSPS) is 10.7. The lowest BCUT2D eigenvalue weighted by Gasteiger charge is -2.10. The van der Waals surface area contributed by atoms with Gasteiger partial charge in [0.25, 0.3) is 0 Å². The minimum atomic E-state index is 0.536. The molecule has 0 aliphatic carbocycles. The lowest BCUT2D eigenvalue weighted by molar-refractivity contribution is 0.408. The maximum Gasteiger partial charge on any atom is 0.200 e. The first kappa shape index (κ1) is 12.5. The fraction of sp³-hybridized carbons (Fsp3) is 0.357. The van der Waals surface area contributed by atoms with Crippen molar-refractivity contribution in [1.82, 2.24) is 9.55 Å². The monoisotopic (exact) mass is 245 g/mol. The lowest BCUT2D eigenvalue weighted by Crippen LogP contribution is -1.97. The van der Waals surface area contributed by atoms with Gasteiger partial charge in [-0.2, -0.15) is 0 Å². The van der Waals surface area contributed by atoms with E-state index in [0.717, 1.165) is 33.8 Å². The molecule has 0 saturated carbocycles. The highest BCUT2D eigenvalue weighted by Crippen LogP contribution is 2.31. The number of nitrogens with two attached hydrogens (primary N) is 1. The van der Waals surface area contributed by atoms with Crippen LogP contribution >= 0.6 is 0 Å². The number of rotatable bonds is 2. The van der Waals surface area contributed by atoms with Crippen molar-refractivity contribution in [1.29, 1.82) is 0 Å². The Bertz CT molecular complexity index is 576. The summed E-state index contributed by atoms with van der Waals surface area (Å²) in [7, 11) is 3.61. The van der Waals surface area contributed by atoms with Gasteiger partial charge >= 0.3 is 0 Å². The molecule has 2 N–H and O–H groups in total. The fourth-order valence-corrected chi connectivity index (χ4v) is 2.28. The Morgan fingerprint density at radius 1 is 1.17 bits per heavy atom. The highest BCUT2D eigenvalue weighted by Gasteiger charge is 2.13. The van der Waals surface area contributed by atoms with Crippen LogP contribution in [0.3, 0.4) is 0 Å². The number of aromatic nitrogens is 2. The average molecular weight is 245 g/mol. The number of imidazole rings is 1. The summed E-state index contributed by atoms with van der Waals surface area (Å²) in [4.78, 5) is 4.42. The molecule has 96 valence electrons. The molecule has 0 unspecified atom stereocenters. The Morgan fingerprint density at radius 3 is 2.11 bits per heavy atom. The van der Waals surface area contributed by atoms with Crippen LogP contribution in [0.4, 0.5) is 5.95 Å². The zero-order valence-corrected chi connectivity index (χ0v) is 11.5. The number of nitrogens with zero attached hydrogens (tertiary/aromatic N) is 2. The van der Waals surface area contributed by atoms with Crippen LogP contribution in [0.1, 0.15) is 16.8 Å². The molecule has 18 heavy (non-hydrogen) atoms. The summed E-state index contributed by atoms with van der Waals surface area (Å²) < 4.78 is 7.27. The molecule has 0 fully saturated rings. The summed E-state index contributed by atoms with van der Waals surface area (Å²) in [5.74, 6) is 1.47. The lowest BCUT2D eigenvalue weighted by atomic mass is 10.0. The van der Waals surface area contributed by atoms with Gasteiger partial charge in [-0.1, -0.05) is 0 Å². The van der Waals surface area contributed by atoms with E-state index in [1.165, 1.54) is 0 Å². The molecule has 0 aliphatic heterocycles. The molecule has 0 aliphatic rings. The molecular formula is C14H19N3O. The van der Waals surface area contributed by atoms with Crippen molar-refractivity contribution in [2.75, 3.05) is 12.8 Å². The third-order valence-electron chi connectivity index (χ3n) is 3.35. The first-order chi connectivity index (χ1) is 8.45. The van der Waals surface area contributed by atoms with E-state index in [1.54, 1.807) is 7.11 Å². The van der Waals surface area contributed by atoms with Crippen LogP contribution in [-0.4, -0.2) is 16.7 Å². The topological polar surface area (TPSA) is 53.1 Å². The molecule has 0 radical (unpaired) electrons. The van der Waals surface area contributed by atoms with E-state index >= 15 is 0 Å². The minimum Gasteiger partial charge on any atom is -0.496 e. The Balaban J connectivity index is 2.62. The molecule has 4 nitrogen and oxygen atoms in total. The van der Waals surface area contributed by atoms with E-state index < -0.39 is 0 Å². The molecule has 0 saturated heterocycles. The van der Waals surface area contributed by atoms with E-state index in [0.29, 0.717) is 5.95 Å². The van der Waals surface area contributed by atoms with Crippen LogP contribution in [0.5, 0.6) is 5.75 Å². The second kappa shape index (κ2) is 4.37. The summed E-state index contributed by atoms with van der Waals surface area (Å²) >= 11 is 0. The van der Waals surface area contributed by atoms with Crippen LogP contribution in [0.2, 0.25) is 0 Å². The van der Waals surface area contributed by atoms with Gasteiger partial charge in [-0.05, 0) is 44.0 Å². The maximum absolute atomic E-state index is 5.84. The summed E-state index contributed by atoms with van der Waals surface area (Å²) in [5, 5.41) is 0. The van der Waals surface area contributed by atoms with Crippen molar-refractivity contribution in [3.05, 3.63) is 29.0 Å². The van der Waals surface area contributed by atoms with Gasteiger partial charge < -0.3 is 15.0 Å². The van der Waals surface area contributed by atoms with E-state index in [2.05, 4.69) is 17.1 Å². The van der Waals surface area contributed by atoms with Crippen molar-refractivity contribution in [2.24, 2.45) is 7.05 Å². The SMILES string of the molecule is COc1c(C)cc(-c2nc(N)n(C)c2C)cc1C. The van der Waals surface area contributed by atoms with Crippen LogP contribution < -0.4 is 10.5 Å². The third kappa shape index (κ3) is 1.83. The van der Waals surface area contributed by atoms with Gasteiger partial charge in [-0.15, -0.1) is 0 Å². The Labute approximate surface area is 107 Å². The van der Waals surface area contributed by atoms with Crippen LogP contribution in [0.15, 0.2) is 12.1 Å². The highest BCUT2D eigenvalue weighted by atomic mass is 16.5.